The fraction of sp³-hybridized carbons (Fsp3) is 0.0625. The van der Waals surface area contributed by atoms with E-state index in [-0.39, 0.29) is 0 Å². The van der Waals surface area contributed by atoms with E-state index < -0.39 is 0 Å². The van der Waals surface area contributed by atoms with Gasteiger partial charge in [0.1, 0.15) is 0 Å². The van der Waals surface area contributed by atoms with Crippen LogP contribution in [0.15, 0.2) is 36.4 Å². The minimum absolute atomic E-state index is 0.641. The van der Waals surface area contributed by atoms with Gasteiger partial charge in [0.2, 0.25) is 0 Å². The fourth-order valence-corrected chi connectivity index (χ4v) is 2.65. The average Bonchev–Trinajstić information content (AvgIpc) is 2.83. The highest BCUT2D eigenvalue weighted by atomic mass is 35.5. The Bertz CT molecular complexity index is 803. The van der Waals surface area contributed by atoms with Crippen LogP contribution >= 0.6 is 23.2 Å². The highest BCUT2D eigenvalue weighted by Gasteiger charge is 2.15. The van der Waals surface area contributed by atoms with Gasteiger partial charge < -0.3 is 4.98 Å². The van der Waals surface area contributed by atoms with E-state index in [9.17, 15) is 4.79 Å². The first-order valence-corrected chi connectivity index (χ1v) is 6.89. The van der Waals surface area contributed by atoms with E-state index in [1.165, 1.54) is 0 Å². The van der Waals surface area contributed by atoms with Crippen LogP contribution in [0.25, 0.3) is 22.2 Å². The minimum atomic E-state index is 0.641. The van der Waals surface area contributed by atoms with E-state index in [1.807, 2.05) is 31.2 Å². The molecule has 0 aliphatic carbocycles. The molecule has 1 aromatic heterocycles. The molecule has 0 amide bonds. The van der Waals surface area contributed by atoms with Crippen molar-refractivity contribution in [2.75, 3.05) is 0 Å². The number of halogens is 2. The van der Waals surface area contributed by atoms with Crippen LogP contribution in [-0.4, -0.2) is 11.3 Å². The molecule has 20 heavy (non-hydrogen) atoms. The van der Waals surface area contributed by atoms with Crippen molar-refractivity contribution in [3.8, 4) is 11.3 Å². The third-order valence-electron chi connectivity index (χ3n) is 3.46. The van der Waals surface area contributed by atoms with Gasteiger partial charge in [0, 0.05) is 21.0 Å². The van der Waals surface area contributed by atoms with E-state index in [1.54, 1.807) is 12.1 Å². The summed E-state index contributed by atoms with van der Waals surface area (Å²) in [4.78, 5) is 14.8. The van der Waals surface area contributed by atoms with Crippen molar-refractivity contribution in [3.05, 3.63) is 57.6 Å². The molecule has 0 aliphatic heterocycles. The summed E-state index contributed by atoms with van der Waals surface area (Å²) in [5.41, 5.74) is 4.18. The Balaban J connectivity index is 2.33. The maximum atomic E-state index is 11.5. The standard InChI is InChI=1S/C16H11Cl2NO/c1-9-14(18)7-6-12-13(8-20)16(19-15(9)12)10-2-4-11(17)5-3-10/h2-8,19H,1H3. The van der Waals surface area contributed by atoms with Gasteiger partial charge >= 0.3 is 0 Å². The topological polar surface area (TPSA) is 32.9 Å². The molecule has 0 bridgehead atoms. The molecule has 0 saturated carbocycles. The number of rotatable bonds is 2. The molecule has 0 aliphatic rings. The monoisotopic (exact) mass is 303 g/mol. The number of aldehydes is 1. The van der Waals surface area contributed by atoms with Gasteiger partial charge in [-0.2, -0.15) is 0 Å². The molecule has 2 aromatic carbocycles. The Kier molecular flexibility index (Phi) is 3.28. The van der Waals surface area contributed by atoms with Gasteiger partial charge in [-0.1, -0.05) is 41.4 Å². The number of aryl methyl sites for hydroxylation is 1. The van der Waals surface area contributed by atoms with Gasteiger partial charge in [0.05, 0.1) is 11.2 Å². The van der Waals surface area contributed by atoms with E-state index in [0.717, 1.165) is 34.0 Å². The van der Waals surface area contributed by atoms with Crippen LogP contribution < -0.4 is 0 Å². The predicted molar refractivity (Wildman–Crippen MR) is 83.9 cm³/mol. The SMILES string of the molecule is Cc1c(Cl)ccc2c(C=O)c(-c3ccc(Cl)cc3)[nH]c12. The second kappa shape index (κ2) is 4.97. The van der Waals surface area contributed by atoms with Crippen molar-refractivity contribution in [2.24, 2.45) is 0 Å². The molecule has 100 valence electrons. The molecule has 0 atom stereocenters. The second-order valence-electron chi connectivity index (χ2n) is 4.63. The van der Waals surface area contributed by atoms with Crippen LogP contribution in [0.4, 0.5) is 0 Å². The smallest absolute Gasteiger partial charge is 0.152 e. The van der Waals surface area contributed by atoms with E-state index in [0.29, 0.717) is 15.6 Å². The Morgan fingerprint density at radius 1 is 1.05 bits per heavy atom. The Labute approximate surface area is 126 Å². The molecule has 0 spiro atoms. The summed E-state index contributed by atoms with van der Waals surface area (Å²) in [6.07, 6.45) is 0.871. The minimum Gasteiger partial charge on any atom is -0.354 e. The zero-order chi connectivity index (χ0) is 14.3. The number of nitrogens with one attached hydrogen (secondary N) is 1. The molecule has 3 rings (SSSR count). The van der Waals surface area contributed by atoms with Crippen LogP contribution in [-0.2, 0) is 0 Å². The number of aromatic nitrogens is 1. The molecule has 4 heteroatoms. The summed E-state index contributed by atoms with van der Waals surface area (Å²) in [5, 5.41) is 2.22. The van der Waals surface area contributed by atoms with Crippen molar-refractivity contribution in [3.63, 3.8) is 0 Å². The lowest BCUT2D eigenvalue weighted by molar-refractivity contribution is 0.112. The van der Waals surface area contributed by atoms with Crippen molar-refractivity contribution in [2.45, 2.75) is 6.92 Å². The zero-order valence-corrected chi connectivity index (χ0v) is 12.2. The summed E-state index contributed by atoms with van der Waals surface area (Å²) < 4.78 is 0. The largest absolute Gasteiger partial charge is 0.354 e. The molecule has 1 N–H and O–H groups in total. The third-order valence-corrected chi connectivity index (χ3v) is 4.12. The first-order chi connectivity index (χ1) is 9.61. The first-order valence-electron chi connectivity index (χ1n) is 6.13. The number of benzene rings is 2. The summed E-state index contributed by atoms with van der Waals surface area (Å²) in [7, 11) is 0. The van der Waals surface area contributed by atoms with E-state index in [4.69, 9.17) is 23.2 Å². The molecule has 2 nitrogen and oxygen atoms in total. The number of H-pyrrole nitrogens is 1. The van der Waals surface area contributed by atoms with Crippen molar-refractivity contribution in [1.29, 1.82) is 0 Å². The second-order valence-corrected chi connectivity index (χ2v) is 5.48. The average molecular weight is 304 g/mol. The lowest BCUT2D eigenvalue weighted by Crippen LogP contribution is -1.84. The maximum absolute atomic E-state index is 11.5. The molecule has 1 heterocycles. The van der Waals surface area contributed by atoms with Crippen LogP contribution in [0.2, 0.25) is 10.0 Å². The molecule has 0 radical (unpaired) electrons. The summed E-state index contributed by atoms with van der Waals surface area (Å²) in [5.74, 6) is 0. The number of hydrogen-bond acceptors (Lipinski definition) is 1. The Hall–Kier alpha value is -1.77. The molecule has 0 saturated heterocycles. The van der Waals surface area contributed by atoms with Crippen molar-refractivity contribution in [1.82, 2.24) is 4.98 Å². The normalized spacial score (nSPS) is 10.9. The number of aromatic amines is 1. The van der Waals surface area contributed by atoms with E-state index >= 15 is 0 Å². The Morgan fingerprint density at radius 3 is 2.40 bits per heavy atom. The van der Waals surface area contributed by atoms with Crippen LogP contribution in [0.5, 0.6) is 0 Å². The molecule has 0 unspecified atom stereocenters. The van der Waals surface area contributed by atoms with Crippen LogP contribution in [0.3, 0.4) is 0 Å². The summed E-state index contributed by atoms with van der Waals surface area (Å²) >= 11 is 12.0. The summed E-state index contributed by atoms with van der Waals surface area (Å²) in [6, 6.07) is 11.1. The third kappa shape index (κ3) is 2.01. The molecule has 0 fully saturated rings. The Morgan fingerprint density at radius 2 is 1.75 bits per heavy atom. The van der Waals surface area contributed by atoms with E-state index in [2.05, 4.69) is 4.98 Å². The lowest BCUT2D eigenvalue weighted by atomic mass is 10.1. The highest BCUT2D eigenvalue weighted by Crippen LogP contribution is 2.33. The van der Waals surface area contributed by atoms with Gasteiger partial charge in [-0.15, -0.1) is 0 Å². The highest BCUT2D eigenvalue weighted by molar-refractivity contribution is 6.32. The lowest BCUT2D eigenvalue weighted by Gasteiger charge is -1.99. The zero-order valence-electron chi connectivity index (χ0n) is 10.7. The molecular formula is C16H11Cl2NO. The van der Waals surface area contributed by atoms with Gasteiger partial charge in [0.15, 0.2) is 6.29 Å². The molecule has 3 aromatic rings. The molecular weight excluding hydrogens is 293 g/mol. The number of carbonyl (C=O) groups is 1. The van der Waals surface area contributed by atoms with Gasteiger partial charge in [0.25, 0.3) is 0 Å². The van der Waals surface area contributed by atoms with Crippen LogP contribution in [0, 0.1) is 6.92 Å². The number of carbonyl (C=O) groups excluding carboxylic acids is 1. The van der Waals surface area contributed by atoms with Gasteiger partial charge in [-0.05, 0) is 36.2 Å². The van der Waals surface area contributed by atoms with Gasteiger partial charge in [-0.3, -0.25) is 4.79 Å². The van der Waals surface area contributed by atoms with Crippen LogP contribution in [0.1, 0.15) is 15.9 Å². The number of fused-ring (bicyclic) bond motifs is 1. The maximum Gasteiger partial charge on any atom is 0.152 e. The van der Waals surface area contributed by atoms with Gasteiger partial charge in [-0.25, -0.2) is 0 Å². The first kappa shape index (κ1) is 13.2. The van der Waals surface area contributed by atoms with Crippen molar-refractivity contribution >= 4 is 40.4 Å². The predicted octanol–water partition coefficient (Wildman–Crippen LogP) is 5.26. The fourth-order valence-electron chi connectivity index (χ4n) is 2.37. The number of hydrogen-bond donors (Lipinski definition) is 1. The summed E-state index contributed by atoms with van der Waals surface area (Å²) in [6.45, 7) is 1.93. The quantitative estimate of drug-likeness (QED) is 0.643. The van der Waals surface area contributed by atoms with Crippen molar-refractivity contribution < 1.29 is 4.79 Å².